The van der Waals surface area contributed by atoms with Crippen LogP contribution in [0.4, 0.5) is 32.0 Å². The highest BCUT2D eigenvalue weighted by Crippen LogP contribution is 2.66. The number of hydrogen-bond donors (Lipinski definition) is 1. The molecular weight excluding hydrogens is 681 g/mol. The molecule has 6 rings (SSSR count). The molecule has 2 aromatic rings. The molecule has 4 amide bonds. The van der Waals surface area contributed by atoms with E-state index < -0.39 is 92.6 Å². The Morgan fingerprint density at radius 1 is 0.915 bits per heavy atom. The fraction of sp³-hybridized carbons (Fsp3) is 0.419. The van der Waals surface area contributed by atoms with Crippen molar-refractivity contribution in [2.24, 2.45) is 17.8 Å². The molecule has 4 aliphatic rings. The zero-order chi connectivity index (χ0) is 34.4. The summed E-state index contributed by atoms with van der Waals surface area (Å²) in [6, 6.07) is 6.77. The number of hydrogen-bond acceptors (Lipinski definition) is 6. The molecule has 0 bridgehead atoms. The van der Waals surface area contributed by atoms with Crippen molar-refractivity contribution >= 4 is 52.5 Å². The first kappa shape index (κ1) is 33.3. The van der Waals surface area contributed by atoms with Gasteiger partial charge in [-0.3, -0.25) is 24.1 Å². The number of nitrogens with zero attached hydrogens (tertiary/aromatic N) is 2. The maximum Gasteiger partial charge on any atom is 0.416 e. The van der Waals surface area contributed by atoms with Crippen LogP contribution < -0.4 is 9.64 Å². The van der Waals surface area contributed by atoms with Crippen LogP contribution in [0.5, 0.6) is 5.75 Å². The summed E-state index contributed by atoms with van der Waals surface area (Å²) in [5, 5.41) is 9.38. The number of aliphatic hydroxyl groups is 1. The summed E-state index contributed by atoms with van der Waals surface area (Å²) in [6.45, 7) is -0.540. The second-order valence-electron chi connectivity index (χ2n) is 11.9. The second kappa shape index (κ2) is 11.0. The van der Waals surface area contributed by atoms with Crippen molar-refractivity contribution in [3.05, 3.63) is 70.8 Å². The number of alkyl halides is 8. The van der Waals surface area contributed by atoms with Gasteiger partial charge in [0, 0.05) is 18.5 Å². The third kappa shape index (κ3) is 4.77. The number of carbonyl (C=O) groups excluding carboxylic acids is 4. The van der Waals surface area contributed by atoms with E-state index in [4.69, 9.17) is 27.9 Å². The lowest BCUT2D eigenvalue weighted by atomic mass is 9.56. The van der Waals surface area contributed by atoms with Crippen LogP contribution in [0.3, 0.4) is 0 Å². The molecule has 16 heteroatoms. The summed E-state index contributed by atoms with van der Waals surface area (Å²) in [4.78, 5) is 51.8. The van der Waals surface area contributed by atoms with Crippen molar-refractivity contribution in [3.63, 3.8) is 0 Å². The van der Waals surface area contributed by atoms with Crippen molar-refractivity contribution in [1.29, 1.82) is 0 Å². The number of ether oxygens (including phenoxy) is 1. The van der Waals surface area contributed by atoms with Gasteiger partial charge < -0.3 is 9.84 Å². The lowest BCUT2D eigenvalue weighted by Gasteiger charge is -2.51. The number of carbonyl (C=O) groups is 4. The number of likely N-dealkylation sites (tertiary alicyclic amines) is 1. The average Bonchev–Trinajstić information content (AvgIpc) is 3.34. The zero-order valence-corrected chi connectivity index (χ0v) is 25.7. The Hall–Kier alpha value is -3.62. The Bertz CT molecular complexity index is 1720. The van der Waals surface area contributed by atoms with Gasteiger partial charge in [-0.25, -0.2) is 4.90 Å². The number of rotatable bonds is 5. The van der Waals surface area contributed by atoms with Crippen LogP contribution in [0, 0.1) is 17.8 Å². The normalized spacial score (nSPS) is 30.7. The fourth-order valence-corrected chi connectivity index (χ4v) is 8.43. The van der Waals surface area contributed by atoms with Crippen LogP contribution in [-0.2, 0) is 31.5 Å². The minimum absolute atomic E-state index is 0.111. The van der Waals surface area contributed by atoms with E-state index in [-0.39, 0.29) is 37.0 Å². The minimum Gasteiger partial charge on any atom is -0.491 e. The molecule has 1 saturated carbocycles. The van der Waals surface area contributed by atoms with Gasteiger partial charge in [-0.15, -0.1) is 23.2 Å². The van der Waals surface area contributed by atoms with E-state index in [1.165, 1.54) is 13.1 Å². The number of anilines is 1. The van der Waals surface area contributed by atoms with E-state index in [9.17, 15) is 50.6 Å². The smallest absolute Gasteiger partial charge is 0.416 e. The van der Waals surface area contributed by atoms with Gasteiger partial charge in [0.15, 0.2) is 9.75 Å². The number of para-hydroxylation sites is 1. The van der Waals surface area contributed by atoms with Gasteiger partial charge in [0.05, 0.1) is 35.3 Å². The van der Waals surface area contributed by atoms with Crippen LogP contribution >= 0.6 is 23.2 Å². The lowest BCUT2D eigenvalue weighted by Crippen LogP contribution is -2.60. The Morgan fingerprint density at radius 2 is 1.53 bits per heavy atom. The third-order valence-electron chi connectivity index (χ3n) is 9.42. The molecule has 6 atom stereocenters. The Kier molecular flexibility index (Phi) is 7.76. The maximum atomic E-state index is 14.1. The third-order valence-corrected chi connectivity index (χ3v) is 10.8. The first-order chi connectivity index (χ1) is 21.9. The van der Waals surface area contributed by atoms with Crippen molar-refractivity contribution in [2.75, 3.05) is 25.2 Å². The summed E-state index contributed by atoms with van der Waals surface area (Å²) >= 11 is 14.2. The summed E-state index contributed by atoms with van der Waals surface area (Å²) in [5.41, 5.74) is -3.73. The molecular formula is C31H24Cl2F6N2O6. The standard InChI is InChI=1S/C31H24Cl2F6N2O6/c1-40-26(45)28(32)13-20-17(23(29(28,33)27(40)46)18-4-2-3-5-21(18)47-9-8-42)6-7-19-22(20)25(44)41(24(19)43)16-11-14(30(34,35)36)10-15(12-16)31(37,38)39/h2-6,10-12,19-20,22-23,42H,7-9,13H2,1H3/t19-,20+,22-,23+,28+,29-/m0/s1. The van der Waals surface area contributed by atoms with Crippen LogP contribution in [-0.4, -0.2) is 63.6 Å². The highest BCUT2D eigenvalue weighted by Gasteiger charge is 2.76. The number of halogens is 8. The molecule has 2 heterocycles. The van der Waals surface area contributed by atoms with E-state index in [2.05, 4.69) is 0 Å². The van der Waals surface area contributed by atoms with Gasteiger partial charge >= 0.3 is 12.4 Å². The topological polar surface area (TPSA) is 104 Å². The summed E-state index contributed by atoms with van der Waals surface area (Å²) < 4.78 is 87.7. The molecule has 2 saturated heterocycles. The van der Waals surface area contributed by atoms with Crippen LogP contribution in [0.25, 0.3) is 0 Å². The summed E-state index contributed by atoms with van der Waals surface area (Å²) in [6.07, 6.45) is -9.54. The highest BCUT2D eigenvalue weighted by molar-refractivity contribution is 6.53. The second-order valence-corrected chi connectivity index (χ2v) is 13.1. The zero-order valence-electron chi connectivity index (χ0n) is 24.2. The first-order valence-corrected chi connectivity index (χ1v) is 15.0. The lowest BCUT2D eigenvalue weighted by molar-refractivity contribution is -0.143. The first-order valence-electron chi connectivity index (χ1n) is 14.3. The molecule has 3 fully saturated rings. The minimum atomic E-state index is -5.23. The van der Waals surface area contributed by atoms with Crippen LogP contribution in [0.15, 0.2) is 54.1 Å². The Balaban J connectivity index is 1.50. The molecule has 0 radical (unpaired) electrons. The fourth-order valence-electron chi connectivity index (χ4n) is 7.42. The SMILES string of the molecule is CN1C(=O)[C@]2(Cl)C[C@@H]3C(=CC[C@@H]4C(=O)N(c5cc(C(F)(F)F)cc(C(F)(F)F)c5)C(=O)[C@@H]43)[C@H](c3ccccc3OCCO)[C@]2(Cl)C1=O. The Morgan fingerprint density at radius 3 is 2.13 bits per heavy atom. The van der Waals surface area contributed by atoms with E-state index >= 15 is 0 Å². The van der Waals surface area contributed by atoms with E-state index in [0.717, 1.165) is 4.90 Å². The Labute approximate surface area is 272 Å². The van der Waals surface area contributed by atoms with Gasteiger partial charge in [-0.2, -0.15) is 26.3 Å². The van der Waals surface area contributed by atoms with Gasteiger partial charge in [0.1, 0.15) is 12.4 Å². The van der Waals surface area contributed by atoms with Gasteiger partial charge in [0.2, 0.25) is 11.8 Å². The predicted octanol–water partition coefficient (Wildman–Crippen LogP) is 5.29. The van der Waals surface area contributed by atoms with E-state index in [1.807, 2.05) is 0 Å². The van der Waals surface area contributed by atoms with Crippen LogP contribution in [0.1, 0.15) is 35.4 Å². The van der Waals surface area contributed by atoms with Crippen molar-refractivity contribution < 1.29 is 55.4 Å². The van der Waals surface area contributed by atoms with Gasteiger partial charge in [-0.1, -0.05) is 29.8 Å². The molecule has 2 aromatic carbocycles. The van der Waals surface area contributed by atoms with Gasteiger partial charge in [-0.05, 0) is 43.0 Å². The van der Waals surface area contributed by atoms with Crippen molar-refractivity contribution in [2.45, 2.75) is 40.9 Å². The van der Waals surface area contributed by atoms with E-state index in [1.54, 1.807) is 24.3 Å². The molecule has 0 unspecified atom stereocenters. The number of imide groups is 2. The molecule has 2 aliphatic carbocycles. The number of benzene rings is 2. The highest BCUT2D eigenvalue weighted by atomic mass is 35.5. The number of allylic oxidation sites excluding steroid dienone is 2. The van der Waals surface area contributed by atoms with E-state index in [0.29, 0.717) is 22.6 Å². The molecule has 8 nitrogen and oxygen atoms in total. The summed E-state index contributed by atoms with van der Waals surface area (Å²) in [5.74, 6) is -8.60. The average molecular weight is 705 g/mol. The quantitative estimate of drug-likeness (QED) is 0.197. The predicted molar refractivity (Wildman–Crippen MR) is 153 cm³/mol. The van der Waals surface area contributed by atoms with Crippen molar-refractivity contribution in [3.8, 4) is 5.75 Å². The molecule has 47 heavy (non-hydrogen) atoms. The molecule has 0 aromatic heterocycles. The van der Waals surface area contributed by atoms with Gasteiger partial charge in [0.25, 0.3) is 11.8 Å². The molecule has 1 N–H and O–H groups in total. The molecule has 0 spiro atoms. The molecule has 2 aliphatic heterocycles. The summed E-state index contributed by atoms with van der Waals surface area (Å²) in [7, 11) is 1.18. The molecule has 250 valence electrons. The largest absolute Gasteiger partial charge is 0.491 e. The van der Waals surface area contributed by atoms with Crippen molar-refractivity contribution in [1.82, 2.24) is 4.90 Å². The number of aliphatic hydroxyl groups excluding tert-OH is 1. The number of amides is 4. The number of fused-ring (bicyclic) bond motifs is 4. The monoisotopic (exact) mass is 704 g/mol. The van der Waals surface area contributed by atoms with Crippen LogP contribution in [0.2, 0.25) is 0 Å². The maximum absolute atomic E-state index is 14.1.